The maximum absolute atomic E-state index is 13.0. The molecule has 29 heavy (non-hydrogen) atoms. The molecule has 4 heteroatoms. The van der Waals surface area contributed by atoms with Crippen molar-refractivity contribution in [2.24, 2.45) is 0 Å². The molecule has 2 heterocycles. The van der Waals surface area contributed by atoms with Gasteiger partial charge in [0.05, 0.1) is 6.42 Å². The summed E-state index contributed by atoms with van der Waals surface area (Å²) in [6, 6.07) is 18.4. The Morgan fingerprint density at radius 1 is 0.931 bits per heavy atom. The summed E-state index contributed by atoms with van der Waals surface area (Å²) >= 11 is 5.97. The van der Waals surface area contributed by atoms with Crippen LogP contribution in [0, 0.1) is 0 Å². The number of carbonyl (C=O) groups is 1. The number of aryl methyl sites for hydroxylation is 1. The molecule has 2 saturated heterocycles. The minimum Gasteiger partial charge on any atom is -0.341 e. The summed E-state index contributed by atoms with van der Waals surface area (Å²) in [5, 5.41) is 0.718. The van der Waals surface area contributed by atoms with Crippen LogP contribution in [-0.2, 0) is 17.6 Å². The van der Waals surface area contributed by atoms with Crippen LogP contribution in [0.1, 0.15) is 43.2 Å². The van der Waals surface area contributed by atoms with Gasteiger partial charge in [-0.1, -0.05) is 54.1 Å². The summed E-state index contributed by atoms with van der Waals surface area (Å²) < 4.78 is 0. The Balaban J connectivity index is 1.35. The van der Waals surface area contributed by atoms with Crippen molar-refractivity contribution in [3.63, 3.8) is 0 Å². The Morgan fingerprint density at radius 3 is 2.41 bits per heavy atom. The molecule has 1 unspecified atom stereocenters. The van der Waals surface area contributed by atoms with Crippen LogP contribution in [0.5, 0.6) is 0 Å². The van der Waals surface area contributed by atoms with Crippen molar-refractivity contribution in [3.05, 3.63) is 70.7 Å². The molecule has 2 aliphatic rings. The molecule has 1 amide bonds. The van der Waals surface area contributed by atoms with E-state index in [-0.39, 0.29) is 11.4 Å². The average Bonchev–Trinajstić information content (AvgIpc) is 3.12. The van der Waals surface area contributed by atoms with E-state index in [4.69, 9.17) is 11.6 Å². The molecule has 2 fully saturated rings. The van der Waals surface area contributed by atoms with E-state index in [9.17, 15) is 4.79 Å². The van der Waals surface area contributed by atoms with Gasteiger partial charge in [-0.2, -0.15) is 0 Å². The smallest absolute Gasteiger partial charge is 0.227 e. The minimum absolute atomic E-state index is 0.199. The number of benzene rings is 2. The predicted octanol–water partition coefficient (Wildman–Crippen LogP) is 4.97. The fourth-order valence-corrected chi connectivity index (χ4v) is 5.26. The van der Waals surface area contributed by atoms with Crippen LogP contribution in [0.2, 0.25) is 5.02 Å². The highest BCUT2D eigenvalue weighted by atomic mass is 35.5. The zero-order chi connectivity index (χ0) is 20.1. The van der Waals surface area contributed by atoms with Crippen LogP contribution in [0.4, 0.5) is 0 Å². The topological polar surface area (TPSA) is 23.6 Å². The van der Waals surface area contributed by atoms with Gasteiger partial charge >= 0.3 is 0 Å². The maximum Gasteiger partial charge on any atom is 0.227 e. The monoisotopic (exact) mass is 410 g/mol. The second-order valence-electron chi connectivity index (χ2n) is 8.63. The van der Waals surface area contributed by atoms with Crippen molar-refractivity contribution >= 4 is 17.5 Å². The molecule has 154 valence electrons. The first-order valence-corrected chi connectivity index (χ1v) is 11.3. The van der Waals surface area contributed by atoms with Gasteiger partial charge in [0.15, 0.2) is 0 Å². The van der Waals surface area contributed by atoms with Crippen LogP contribution >= 0.6 is 11.6 Å². The number of carbonyl (C=O) groups excluding carboxylic acids is 1. The SMILES string of the molecule is O=C(Cc1ccc(Cl)cc1)N1CCCC2(CCCN2CCCc2ccccc2)C1. The summed E-state index contributed by atoms with van der Waals surface area (Å²) in [4.78, 5) is 17.8. The summed E-state index contributed by atoms with van der Waals surface area (Å²) in [6.07, 6.45) is 7.61. The second kappa shape index (κ2) is 9.32. The first-order valence-electron chi connectivity index (χ1n) is 11.0. The van der Waals surface area contributed by atoms with Crippen LogP contribution in [-0.4, -0.2) is 47.4 Å². The number of hydrogen-bond donors (Lipinski definition) is 0. The van der Waals surface area contributed by atoms with Crippen LogP contribution < -0.4 is 0 Å². The average molecular weight is 411 g/mol. The zero-order valence-corrected chi connectivity index (χ0v) is 17.9. The minimum atomic E-state index is 0.199. The maximum atomic E-state index is 13.0. The van der Waals surface area contributed by atoms with Crippen molar-refractivity contribution in [2.75, 3.05) is 26.2 Å². The molecule has 0 saturated carbocycles. The molecule has 4 rings (SSSR count). The van der Waals surface area contributed by atoms with E-state index < -0.39 is 0 Å². The fraction of sp³-hybridized carbons (Fsp3) is 0.480. The quantitative estimate of drug-likeness (QED) is 0.671. The third-order valence-electron chi connectivity index (χ3n) is 6.65. The lowest BCUT2D eigenvalue weighted by Gasteiger charge is -2.46. The summed E-state index contributed by atoms with van der Waals surface area (Å²) in [5.41, 5.74) is 2.67. The van der Waals surface area contributed by atoms with E-state index >= 15 is 0 Å². The van der Waals surface area contributed by atoms with Crippen molar-refractivity contribution in [1.29, 1.82) is 0 Å². The Kier molecular flexibility index (Phi) is 6.56. The molecule has 1 spiro atoms. The number of nitrogens with zero attached hydrogens (tertiary/aromatic N) is 2. The fourth-order valence-electron chi connectivity index (χ4n) is 5.14. The van der Waals surface area contributed by atoms with Crippen LogP contribution in [0.3, 0.4) is 0 Å². The largest absolute Gasteiger partial charge is 0.341 e. The van der Waals surface area contributed by atoms with Gasteiger partial charge in [0.25, 0.3) is 0 Å². The molecule has 0 aromatic heterocycles. The Labute approximate surface area is 179 Å². The molecule has 1 atom stereocenters. The lowest BCUT2D eigenvalue weighted by atomic mass is 9.86. The number of likely N-dealkylation sites (tertiary alicyclic amines) is 2. The summed E-state index contributed by atoms with van der Waals surface area (Å²) in [5.74, 6) is 0.252. The number of halogens is 1. The van der Waals surface area contributed by atoms with Gasteiger partial charge in [-0.05, 0) is 74.9 Å². The lowest BCUT2D eigenvalue weighted by molar-refractivity contribution is -0.134. The molecule has 0 bridgehead atoms. The van der Waals surface area contributed by atoms with Crippen molar-refractivity contribution in [2.45, 2.75) is 50.5 Å². The third kappa shape index (κ3) is 5.02. The van der Waals surface area contributed by atoms with Gasteiger partial charge in [0.1, 0.15) is 0 Å². The Bertz CT molecular complexity index is 807. The number of amides is 1. The summed E-state index contributed by atoms with van der Waals surface area (Å²) in [6.45, 7) is 4.10. The molecule has 0 aliphatic carbocycles. The van der Waals surface area contributed by atoms with E-state index in [2.05, 4.69) is 40.1 Å². The highest BCUT2D eigenvalue weighted by molar-refractivity contribution is 6.30. The second-order valence-corrected chi connectivity index (χ2v) is 9.06. The highest BCUT2D eigenvalue weighted by Crippen LogP contribution is 2.37. The van der Waals surface area contributed by atoms with Gasteiger partial charge in [-0.15, -0.1) is 0 Å². The van der Waals surface area contributed by atoms with E-state index in [1.807, 2.05) is 24.3 Å². The highest BCUT2D eigenvalue weighted by Gasteiger charge is 2.44. The van der Waals surface area contributed by atoms with Crippen LogP contribution in [0.15, 0.2) is 54.6 Å². The first kappa shape index (κ1) is 20.4. The van der Waals surface area contributed by atoms with E-state index in [1.54, 1.807) is 0 Å². The molecular formula is C25H31ClN2O. The lowest BCUT2D eigenvalue weighted by Crippen LogP contribution is -2.57. The molecule has 2 aromatic rings. The molecular weight excluding hydrogens is 380 g/mol. The Hall–Kier alpha value is -1.84. The molecule has 2 aliphatic heterocycles. The standard InChI is InChI=1S/C25H31ClN2O/c26-23-12-10-22(11-13-23)19-24(29)27-16-5-14-25(20-27)15-6-18-28(25)17-4-9-21-7-2-1-3-8-21/h1-3,7-8,10-13H,4-6,9,14-20H2. The van der Waals surface area contributed by atoms with Gasteiger partial charge < -0.3 is 4.90 Å². The summed E-state index contributed by atoms with van der Waals surface area (Å²) in [7, 11) is 0. The zero-order valence-electron chi connectivity index (χ0n) is 17.2. The van der Waals surface area contributed by atoms with Gasteiger partial charge in [0.2, 0.25) is 5.91 Å². The number of rotatable bonds is 6. The molecule has 2 aromatic carbocycles. The normalized spacial score (nSPS) is 22.3. The molecule has 3 nitrogen and oxygen atoms in total. The molecule has 0 N–H and O–H groups in total. The van der Waals surface area contributed by atoms with E-state index in [0.717, 1.165) is 43.1 Å². The van der Waals surface area contributed by atoms with E-state index in [0.29, 0.717) is 6.42 Å². The van der Waals surface area contributed by atoms with Gasteiger partial charge in [-0.25, -0.2) is 0 Å². The van der Waals surface area contributed by atoms with Gasteiger partial charge in [0, 0.05) is 23.7 Å². The van der Waals surface area contributed by atoms with Crippen molar-refractivity contribution < 1.29 is 4.79 Å². The van der Waals surface area contributed by atoms with Crippen molar-refractivity contribution in [1.82, 2.24) is 9.80 Å². The number of hydrogen-bond acceptors (Lipinski definition) is 2. The van der Waals surface area contributed by atoms with Gasteiger partial charge in [-0.3, -0.25) is 9.69 Å². The number of piperidine rings is 1. The molecule has 0 radical (unpaired) electrons. The Morgan fingerprint density at radius 2 is 1.66 bits per heavy atom. The van der Waals surface area contributed by atoms with Crippen LogP contribution in [0.25, 0.3) is 0 Å². The first-order chi connectivity index (χ1) is 14.1. The third-order valence-corrected chi connectivity index (χ3v) is 6.91. The predicted molar refractivity (Wildman–Crippen MR) is 119 cm³/mol. The van der Waals surface area contributed by atoms with Crippen molar-refractivity contribution in [3.8, 4) is 0 Å². The van der Waals surface area contributed by atoms with E-state index in [1.165, 1.54) is 37.8 Å².